The van der Waals surface area contributed by atoms with Gasteiger partial charge in [-0.1, -0.05) is 12.1 Å². The van der Waals surface area contributed by atoms with E-state index in [2.05, 4.69) is 0 Å². The van der Waals surface area contributed by atoms with Crippen LogP contribution in [0.4, 0.5) is 0 Å². The molecule has 0 unspecified atom stereocenters. The maximum Gasteiger partial charge on any atom is 0.328 e. The number of hydrogen-bond donors (Lipinski definition) is 1. The predicted octanol–water partition coefficient (Wildman–Crippen LogP) is 2.64. The number of ether oxygens (including phenoxy) is 1. The zero-order chi connectivity index (χ0) is 16.1. The Balaban J connectivity index is 2.56. The Kier molecular flexibility index (Phi) is 4.78. The van der Waals surface area contributed by atoms with Gasteiger partial charge in [0, 0.05) is 23.7 Å². The minimum absolute atomic E-state index is 0.222. The molecular formula is C17H17NO4. The summed E-state index contributed by atoms with van der Waals surface area (Å²) in [6, 6.07) is 10.9. The van der Waals surface area contributed by atoms with Crippen LogP contribution in [0.3, 0.4) is 0 Å². The van der Waals surface area contributed by atoms with Crippen molar-refractivity contribution in [2.75, 3.05) is 7.11 Å². The second-order valence-electron chi connectivity index (χ2n) is 4.63. The monoisotopic (exact) mass is 299 g/mol. The number of methoxy groups -OCH3 is 1. The highest BCUT2D eigenvalue weighted by Crippen LogP contribution is 2.23. The van der Waals surface area contributed by atoms with E-state index < -0.39 is 5.97 Å². The maximum absolute atomic E-state index is 12.4. The van der Waals surface area contributed by atoms with Gasteiger partial charge in [0.05, 0.1) is 12.8 Å². The summed E-state index contributed by atoms with van der Waals surface area (Å²) in [6.45, 7) is 2.36. The number of carbonyl (C=O) groups is 1. The molecule has 2 rings (SSSR count). The number of nitrogens with zero attached hydrogens (tertiary/aromatic N) is 1. The zero-order valence-corrected chi connectivity index (χ0v) is 12.4. The van der Waals surface area contributed by atoms with Crippen molar-refractivity contribution in [2.24, 2.45) is 0 Å². The molecule has 0 aliphatic carbocycles. The van der Waals surface area contributed by atoms with Gasteiger partial charge in [-0.15, -0.1) is 0 Å². The van der Waals surface area contributed by atoms with Crippen molar-refractivity contribution in [2.45, 2.75) is 13.5 Å². The average Bonchev–Trinajstić information content (AvgIpc) is 2.53. The Bertz CT molecular complexity index is 774. The third-order valence-electron chi connectivity index (χ3n) is 3.29. The maximum atomic E-state index is 12.4. The van der Waals surface area contributed by atoms with Crippen LogP contribution in [-0.2, 0) is 11.3 Å². The van der Waals surface area contributed by atoms with Gasteiger partial charge in [-0.05, 0) is 37.3 Å². The number of aromatic nitrogens is 1. The molecule has 0 radical (unpaired) electrons. The van der Waals surface area contributed by atoms with Crippen molar-refractivity contribution in [1.29, 1.82) is 0 Å². The summed E-state index contributed by atoms with van der Waals surface area (Å²) in [5, 5.41) is 8.67. The third-order valence-corrected chi connectivity index (χ3v) is 3.29. The van der Waals surface area contributed by atoms with E-state index in [9.17, 15) is 9.59 Å². The number of benzene rings is 1. The molecule has 1 N–H and O–H groups in total. The minimum Gasteiger partial charge on any atom is -0.497 e. The molecular weight excluding hydrogens is 282 g/mol. The predicted molar refractivity (Wildman–Crippen MR) is 85.0 cm³/mol. The van der Waals surface area contributed by atoms with Gasteiger partial charge in [0.1, 0.15) is 5.75 Å². The molecule has 114 valence electrons. The van der Waals surface area contributed by atoms with Crippen molar-refractivity contribution < 1.29 is 14.6 Å². The first-order valence-corrected chi connectivity index (χ1v) is 6.86. The molecule has 0 saturated heterocycles. The van der Waals surface area contributed by atoms with E-state index in [4.69, 9.17) is 9.84 Å². The molecule has 0 atom stereocenters. The molecule has 0 amide bonds. The number of carboxylic acids is 1. The van der Waals surface area contributed by atoms with Crippen molar-refractivity contribution in [3.63, 3.8) is 0 Å². The molecule has 0 fully saturated rings. The SMILES string of the molecule is CCn1c(-c2cccc(OC)c2)ccc(/C=C/C(=O)O)c1=O. The van der Waals surface area contributed by atoms with Gasteiger partial charge < -0.3 is 14.4 Å². The van der Waals surface area contributed by atoms with Crippen LogP contribution in [0.25, 0.3) is 17.3 Å². The zero-order valence-electron chi connectivity index (χ0n) is 12.4. The van der Waals surface area contributed by atoms with Gasteiger partial charge in [0.25, 0.3) is 5.56 Å². The van der Waals surface area contributed by atoms with Crippen LogP contribution in [0.2, 0.25) is 0 Å². The minimum atomic E-state index is -1.08. The number of hydrogen-bond acceptors (Lipinski definition) is 3. The topological polar surface area (TPSA) is 68.5 Å². The number of aliphatic carboxylic acids is 1. The van der Waals surface area contributed by atoms with E-state index in [0.29, 0.717) is 17.9 Å². The van der Waals surface area contributed by atoms with E-state index in [0.717, 1.165) is 17.3 Å². The number of pyridine rings is 1. The van der Waals surface area contributed by atoms with E-state index >= 15 is 0 Å². The second kappa shape index (κ2) is 6.76. The Hall–Kier alpha value is -2.82. The highest BCUT2D eigenvalue weighted by Gasteiger charge is 2.09. The lowest BCUT2D eigenvalue weighted by Gasteiger charge is -2.13. The lowest BCUT2D eigenvalue weighted by atomic mass is 10.1. The summed E-state index contributed by atoms with van der Waals surface area (Å²) >= 11 is 0. The number of carboxylic acid groups (broad SMARTS) is 1. The van der Waals surface area contributed by atoms with E-state index in [1.54, 1.807) is 23.8 Å². The first kappa shape index (κ1) is 15.6. The molecule has 2 aromatic rings. The molecule has 0 bridgehead atoms. The molecule has 1 heterocycles. The lowest BCUT2D eigenvalue weighted by molar-refractivity contribution is -0.131. The molecule has 5 nitrogen and oxygen atoms in total. The highest BCUT2D eigenvalue weighted by molar-refractivity contribution is 5.85. The van der Waals surface area contributed by atoms with Gasteiger partial charge in [-0.25, -0.2) is 4.79 Å². The molecule has 5 heteroatoms. The smallest absolute Gasteiger partial charge is 0.328 e. The fourth-order valence-electron chi connectivity index (χ4n) is 2.23. The summed E-state index contributed by atoms with van der Waals surface area (Å²) in [6.07, 6.45) is 2.27. The van der Waals surface area contributed by atoms with E-state index in [1.807, 2.05) is 31.2 Å². The van der Waals surface area contributed by atoms with E-state index in [1.165, 1.54) is 6.08 Å². The Labute approximate surface area is 128 Å². The van der Waals surface area contributed by atoms with Crippen LogP contribution in [0.1, 0.15) is 12.5 Å². The normalized spacial score (nSPS) is 10.8. The summed E-state index contributed by atoms with van der Waals surface area (Å²) in [7, 11) is 1.59. The van der Waals surface area contributed by atoms with Crippen LogP contribution in [0.5, 0.6) is 5.75 Å². The summed E-state index contributed by atoms with van der Waals surface area (Å²) in [4.78, 5) is 23.0. The Morgan fingerprint density at radius 2 is 2.09 bits per heavy atom. The first-order chi connectivity index (χ1) is 10.6. The fraction of sp³-hybridized carbons (Fsp3) is 0.176. The molecule has 0 saturated carbocycles. The molecule has 1 aromatic carbocycles. The quantitative estimate of drug-likeness (QED) is 0.862. The third kappa shape index (κ3) is 3.25. The summed E-state index contributed by atoms with van der Waals surface area (Å²) < 4.78 is 6.81. The van der Waals surface area contributed by atoms with Crippen molar-refractivity contribution in [3.8, 4) is 17.0 Å². The highest BCUT2D eigenvalue weighted by atomic mass is 16.5. The van der Waals surface area contributed by atoms with Crippen molar-refractivity contribution in [3.05, 3.63) is 58.4 Å². The van der Waals surface area contributed by atoms with Gasteiger partial charge in [-0.3, -0.25) is 4.79 Å². The number of rotatable bonds is 5. The lowest BCUT2D eigenvalue weighted by Crippen LogP contribution is -2.22. The van der Waals surface area contributed by atoms with Crippen molar-refractivity contribution in [1.82, 2.24) is 4.57 Å². The second-order valence-corrected chi connectivity index (χ2v) is 4.63. The fourth-order valence-corrected chi connectivity index (χ4v) is 2.23. The van der Waals surface area contributed by atoms with Gasteiger partial charge in [0.15, 0.2) is 0 Å². The Morgan fingerprint density at radius 3 is 2.73 bits per heavy atom. The van der Waals surface area contributed by atoms with Gasteiger partial charge in [-0.2, -0.15) is 0 Å². The summed E-state index contributed by atoms with van der Waals surface area (Å²) in [5.41, 5.74) is 1.75. The van der Waals surface area contributed by atoms with Crippen LogP contribution in [0, 0.1) is 0 Å². The first-order valence-electron chi connectivity index (χ1n) is 6.86. The summed E-state index contributed by atoms with van der Waals surface area (Å²) in [5.74, 6) is -0.373. The van der Waals surface area contributed by atoms with Crippen LogP contribution >= 0.6 is 0 Å². The van der Waals surface area contributed by atoms with Crippen LogP contribution in [0.15, 0.2) is 47.3 Å². The van der Waals surface area contributed by atoms with Gasteiger partial charge in [0.2, 0.25) is 0 Å². The van der Waals surface area contributed by atoms with Gasteiger partial charge >= 0.3 is 5.97 Å². The molecule has 22 heavy (non-hydrogen) atoms. The molecule has 0 aliphatic heterocycles. The van der Waals surface area contributed by atoms with Crippen LogP contribution in [-0.4, -0.2) is 22.8 Å². The molecule has 0 spiro atoms. The molecule has 1 aromatic heterocycles. The Morgan fingerprint density at radius 1 is 1.32 bits per heavy atom. The average molecular weight is 299 g/mol. The largest absolute Gasteiger partial charge is 0.497 e. The van der Waals surface area contributed by atoms with E-state index in [-0.39, 0.29) is 5.56 Å². The standard InChI is InChI=1S/C17H17NO4/c1-3-18-15(13-5-4-6-14(11-13)22-2)9-7-12(17(18)21)8-10-16(19)20/h4-11H,3H2,1-2H3,(H,19,20)/b10-8+. The van der Waals surface area contributed by atoms with Crippen molar-refractivity contribution >= 4 is 12.0 Å². The van der Waals surface area contributed by atoms with Crippen LogP contribution < -0.4 is 10.3 Å². The molecule has 0 aliphatic rings.